The average Bonchev–Trinajstić information content (AvgIpc) is 3.13. The van der Waals surface area contributed by atoms with E-state index in [4.69, 9.17) is 0 Å². The summed E-state index contributed by atoms with van der Waals surface area (Å²) in [6.07, 6.45) is 2.00. The molecule has 2 heterocycles. The van der Waals surface area contributed by atoms with Gasteiger partial charge in [-0.15, -0.1) is 10.6 Å². The molecule has 0 radical (unpaired) electrons. The number of aromatic amines is 1. The van der Waals surface area contributed by atoms with Gasteiger partial charge in [0.15, 0.2) is 5.84 Å². The molecule has 22 heavy (non-hydrogen) atoms. The summed E-state index contributed by atoms with van der Waals surface area (Å²) in [5, 5.41) is 7.52. The first-order chi connectivity index (χ1) is 10.7. The Morgan fingerprint density at radius 3 is 2.55 bits per heavy atom. The number of hydrogen-bond donors (Lipinski definition) is 3. The Bertz CT molecular complexity index is 860. The molecule has 3 aromatic rings. The maximum atomic E-state index is 4.40. The number of nitrogens with one attached hydrogen (secondary N) is 3. The number of hydrazine groups is 2. The molecule has 110 valence electrons. The largest absolute Gasteiger partial charge is 0.360 e. The van der Waals surface area contributed by atoms with Gasteiger partial charge in [0.25, 0.3) is 0 Å². The first-order valence-corrected chi connectivity index (χ1v) is 7.25. The van der Waals surface area contributed by atoms with Crippen molar-refractivity contribution in [3.8, 4) is 0 Å². The Kier molecular flexibility index (Phi) is 2.87. The van der Waals surface area contributed by atoms with Crippen molar-refractivity contribution in [2.75, 3.05) is 5.01 Å². The van der Waals surface area contributed by atoms with Crippen molar-refractivity contribution in [3.63, 3.8) is 0 Å². The zero-order chi connectivity index (χ0) is 15.1. The molecule has 1 aromatic heterocycles. The molecule has 1 aliphatic rings. The van der Waals surface area contributed by atoms with E-state index in [0.717, 1.165) is 22.6 Å². The highest BCUT2D eigenvalue weighted by atomic mass is 15.8. The van der Waals surface area contributed by atoms with Crippen LogP contribution in [0, 0.1) is 13.8 Å². The summed E-state index contributed by atoms with van der Waals surface area (Å²) in [5.41, 5.74) is 11.6. The minimum Gasteiger partial charge on any atom is -0.360 e. The van der Waals surface area contributed by atoms with Crippen molar-refractivity contribution in [2.24, 2.45) is 5.10 Å². The molecule has 5 nitrogen and oxygen atoms in total. The molecule has 5 heteroatoms. The first-order valence-electron chi connectivity index (χ1n) is 7.25. The fourth-order valence-corrected chi connectivity index (χ4v) is 2.71. The van der Waals surface area contributed by atoms with E-state index in [1.165, 1.54) is 16.5 Å². The van der Waals surface area contributed by atoms with Crippen LogP contribution < -0.4 is 16.1 Å². The standard InChI is InChI=1S/C17H17N5/c1-11-3-6-13(7-4-11)22-17(19-20-21-22)15-10-18-16-8-5-12(2)9-14(15)16/h3-10,18,20-21H,1-2H3. The summed E-state index contributed by atoms with van der Waals surface area (Å²) >= 11 is 0. The highest BCUT2D eigenvalue weighted by Crippen LogP contribution is 2.24. The lowest BCUT2D eigenvalue weighted by molar-refractivity contribution is 0.623. The summed E-state index contributed by atoms with van der Waals surface area (Å²) in [6, 6.07) is 14.7. The molecular formula is C17H17N5. The molecule has 0 saturated heterocycles. The normalized spacial score (nSPS) is 14.3. The molecular weight excluding hydrogens is 274 g/mol. The number of hydrazone groups is 1. The fourth-order valence-electron chi connectivity index (χ4n) is 2.71. The van der Waals surface area contributed by atoms with Gasteiger partial charge in [0.1, 0.15) is 0 Å². The van der Waals surface area contributed by atoms with Crippen LogP contribution >= 0.6 is 0 Å². The number of rotatable bonds is 2. The Morgan fingerprint density at radius 1 is 0.955 bits per heavy atom. The highest BCUT2D eigenvalue weighted by Gasteiger charge is 2.23. The Balaban J connectivity index is 1.79. The number of nitrogens with zero attached hydrogens (tertiary/aromatic N) is 2. The molecule has 0 saturated carbocycles. The second-order valence-corrected chi connectivity index (χ2v) is 5.58. The topological polar surface area (TPSA) is 55.4 Å². The third kappa shape index (κ3) is 2.03. The molecule has 0 spiro atoms. The van der Waals surface area contributed by atoms with E-state index in [0.29, 0.717) is 0 Å². The van der Waals surface area contributed by atoms with Gasteiger partial charge in [-0.3, -0.25) is 0 Å². The van der Waals surface area contributed by atoms with E-state index < -0.39 is 0 Å². The molecule has 3 N–H and O–H groups in total. The Hall–Kier alpha value is -2.79. The monoisotopic (exact) mass is 291 g/mol. The molecule has 1 aliphatic heterocycles. The number of amidine groups is 1. The Morgan fingerprint density at radius 2 is 1.73 bits per heavy atom. The SMILES string of the molecule is Cc1ccc(N2NNN=C2c2c[nH]c3ccc(C)cc23)cc1. The first kappa shape index (κ1) is 12.9. The second-order valence-electron chi connectivity index (χ2n) is 5.58. The van der Waals surface area contributed by atoms with Crippen LogP contribution in [0.2, 0.25) is 0 Å². The predicted octanol–water partition coefficient (Wildman–Crippen LogP) is 2.98. The van der Waals surface area contributed by atoms with Crippen LogP contribution in [0.25, 0.3) is 10.9 Å². The number of anilines is 1. The number of hydrogen-bond acceptors (Lipinski definition) is 4. The molecule has 2 aromatic carbocycles. The number of H-pyrrole nitrogens is 1. The van der Waals surface area contributed by atoms with Gasteiger partial charge in [-0.1, -0.05) is 29.3 Å². The second kappa shape index (κ2) is 4.89. The van der Waals surface area contributed by atoms with Gasteiger partial charge in [-0.2, -0.15) is 0 Å². The van der Waals surface area contributed by atoms with Gasteiger partial charge < -0.3 is 4.98 Å². The maximum absolute atomic E-state index is 4.40. The molecule has 0 amide bonds. The minimum atomic E-state index is 0.848. The summed E-state index contributed by atoms with van der Waals surface area (Å²) in [6.45, 7) is 4.18. The lowest BCUT2D eigenvalue weighted by Crippen LogP contribution is -2.41. The number of aryl methyl sites for hydroxylation is 2. The smallest absolute Gasteiger partial charge is 0.179 e. The summed E-state index contributed by atoms with van der Waals surface area (Å²) in [5.74, 6) is 0.848. The Labute approximate surface area is 128 Å². The predicted molar refractivity (Wildman–Crippen MR) is 89.5 cm³/mol. The van der Waals surface area contributed by atoms with E-state index in [-0.39, 0.29) is 0 Å². The fraction of sp³-hybridized carbons (Fsp3) is 0.118. The van der Waals surface area contributed by atoms with Crippen LogP contribution in [0.3, 0.4) is 0 Å². The van der Waals surface area contributed by atoms with Gasteiger partial charge in [0, 0.05) is 22.7 Å². The molecule has 0 unspecified atom stereocenters. The molecule has 0 fully saturated rings. The van der Waals surface area contributed by atoms with E-state index in [2.05, 4.69) is 77.5 Å². The van der Waals surface area contributed by atoms with E-state index in [9.17, 15) is 0 Å². The number of fused-ring (bicyclic) bond motifs is 1. The lowest BCUT2D eigenvalue weighted by atomic mass is 10.1. The van der Waals surface area contributed by atoms with Crippen molar-refractivity contribution >= 4 is 22.4 Å². The van der Waals surface area contributed by atoms with Gasteiger partial charge in [-0.25, -0.2) is 10.5 Å². The van der Waals surface area contributed by atoms with Crippen LogP contribution in [0.1, 0.15) is 16.7 Å². The van der Waals surface area contributed by atoms with Crippen molar-refractivity contribution in [3.05, 3.63) is 65.4 Å². The van der Waals surface area contributed by atoms with Crippen molar-refractivity contribution in [1.82, 2.24) is 16.1 Å². The molecule has 0 atom stereocenters. The summed E-state index contributed by atoms with van der Waals surface area (Å²) in [4.78, 5) is 3.31. The van der Waals surface area contributed by atoms with Crippen molar-refractivity contribution < 1.29 is 0 Å². The van der Waals surface area contributed by atoms with E-state index >= 15 is 0 Å². The van der Waals surface area contributed by atoms with Gasteiger partial charge >= 0.3 is 0 Å². The van der Waals surface area contributed by atoms with Gasteiger partial charge in [0.2, 0.25) is 0 Å². The molecule has 4 rings (SSSR count). The molecule has 0 aliphatic carbocycles. The highest BCUT2D eigenvalue weighted by molar-refractivity contribution is 6.17. The van der Waals surface area contributed by atoms with E-state index in [1.807, 2.05) is 11.2 Å². The lowest BCUT2D eigenvalue weighted by Gasteiger charge is -2.18. The van der Waals surface area contributed by atoms with Gasteiger partial charge in [0.05, 0.1) is 5.69 Å². The van der Waals surface area contributed by atoms with Crippen molar-refractivity contribution in [1.29, 1.82) is 0 Å². The number of benzene rings is 2. The van der Waals surface area contributed by atoms with Crippen molar-refractivity contribution in [2.45, 2.75) is 13.8 Å². The third-order valence-corrected chi connectivity index (χ3v) is 3.91. The zero-order valence-electron chi connectivity index (χ0n) is 12.5. The number of aromatic nitrogens is 1. The maximum Gasteiger partial charge on any atom is 0.179 e. The summed E-state index contributed by atoms with van der Waals surface area (Å²) < 4.78 is 0. The van der Waals surface area contributed by atoms with Gasteiger partial charge in [-0.05, 0) is 38.1 Å². The van der Waals surface area contributed by atoms with E-state index in [1.54, 1.807) is 0 Å². The third-order valence-electron chi connectivity index (χ3n) is 3.91. The summed E-state index contributed by atoms with van der Waals surface area (Å²) in [7, 11) is 0. The van der Waals surface area contributed by atoms with Crippen LogP contribution in [-0.2, 0) is 0 Å². The molecule has 0 bridgehead atoms. The van der Waals surface area contributed by atoms with Crippen LogP contribution in [0.4, 0.5) is 5.69 Å². The minimum absolute atomic E-state index is 0.848. The van der Waals surface area contributed by atoms with Crippen LogP contribution in [0.5, 0.6) is 0 Å². The quantitative estimate of drug-likeness (QED) is 0.680. The van der Waals surface area contributed by atoms with Crippen LogP contribution in [-0.4, -0.2) is 10.8 Å². The van der Waals surface area contributed by atoms with Crippen LogP contribution in [0.15, 0.2) is 53.8 Å². The zero-order valence-corrected chi connectivity index (χ0v) is 12.5. The average molecular weight is 291 g/mol.